The number of nitrogen functional groups attached to an aromatic ring is 1. The molecule has 0 aliphatic rings. The highest BCUT2D eigenvalue weighted by Gasteiger charge is 2.00. The zero-order chi connectivity index (χ0) is 9.14. The van der Waals surface area contributed by atoms with Crippen molar-refractivity contribution < 1.29 is 0 Å². The molecule has 0 saturated heterocycles. The van der Waals surface area contributed by atoms with Crippen molar-refractivity contribution >= 4 is 11.8 Å². The molecule has 0 aliphatic carbocycles. The monoisotopic (exact) mass is 161 g/mol. The van der Waals surface area contributed by atoms with Crippen LogP contribution in [0.2, 0.25) is 0 Å². The van der Waals surface area contributed by atoms with Gasteiger partial charge in [0.05, 0.1) is 0 Å². The molecule has 0 bridgehead atoms. The summed E-state index contributed by atoms with van der Waals surface area (Å²) < 4.78 is 0. The molecule has 1 aromatic rings. The molecule has 0 aromatic heterocycles. The van der Waals surface area contributed by atoms with E-state index in [1.807, 2.05) is 6.07 Å². The van der Waals surface area contributed by atoms with Gasteiger partial charge in [-0.2, -0.15) is 0 Å². The largest absolute Gasteiger partial charge is 0.398 e. The van der Waals surface area contributed by atoms with Gasteiger partial charge in [0, 0.05) is 5.69 Å². The van der Waals surface area contributed by atoms with E-state index in [0.29, 0.717) is 0 Å². The van der Waals surface area contributed by atoms with Crippen LogP contribution in [0.3, 0.4) is 0 Å². The third kappa shape index (κ3) is 1.50. The van der Waals surface area contributed by atoms with Gasteiger partial charge in [0.15, 0.2) is 0 Å². The van der Waals surface area contributed by atoms with E-state index in [9.17, 15) is 0 Å². The molecular weight excluding hydrogens is 146 g/mol. The van der Waals surface area contributed by atoms with Crippen LogP contribution in [0.1, 0.15) is 23.6 Å². The van der Waals surface area contributed by atoms with Crippen LogP contribution in [-0.4, -0.2) is 0 Å². The quantitative estimate of drug-likeness (QED) is 0.663. The van der Waals surface area contributed by atoms with Crippen molar-refractivity contribution in [2.24, 2.45) is 0 Å². The molecule has 1 nitrogen and oxygen atoms in total. The molecule has 0 atom stereocenters. The van der Waals surface area contributed by atoms with Crippen molar-refractivity contribution in [1.82, 2.24) is 0 Å². The standard InChI is InChI=1S/C11H15N/c1-4-9-7-10(5-2)11(12)6-8(9)3/h5-7H,2,4,12H2,1,3H3. The molecule has 0 amide bonds. The topological polar surface area (TPSA) is 26.0 Å². The third-order valence-corrected chi connectivity index (χ3v) is 2.14. The van der Waals surface area contributed by atoms with Crippen LogP contribution in [0.4, 0.5) is 5.69 Å². The molecule has 1 aromatic carbocycles. The molecular formula is C11H15N. The number of hydrogen-bond donors (Lipinski definition) is 1. The second-order valence-electron chi connectivity index (χ2n) is 2.97. The Morgan fingerprint density at radius 2 is 2.17 bits per heavy atom. The van der Waals surface area contributed by atoms with Crippen molar-refractivity contribution in [3.05, 3.63) is 35.4 Å². The fraction of sp³-hybridized carbons (Fsp3) is 0.273. The summed E-state index contributed by atoms with van der Waals surface area (Å²) in [4.78, 5) is 0. The Kier molecular flexibility index (Phi) is 2.54. The van der Waals surface area contributed by atoms with Gasteiger partial charge in [-0.25, -0.2) is 0 Å². The van der Waals surface area contributed by atoms with Crippen molar-refractivity contribution in [1.29, 1.82) is 0 Å². The summed E-state index contributed by atoms with van der Waals surface area (Å²) >= 11 is 0. The molecule has 0 heterocycles. The lowest BCUT2D eigenvalue weighted by molar-refractivity contribution is 1.11. The number of anilines is 1. The Morgan fingerprint density at radius 1 is 1.50 bits per heavy atom. The first kappa shape index (κ1) is 8.85. The zero-order valence-corrected chi connectivity index (χ0v) is 7.72. The fourth-order valence-corrected chi connectivity index (χ4v) is 1.35. The van der Waals surface area contributed by atoms with E-state index in [1.54, 1.807) is 6.08 Å². The summed E-state index contributed by atoms with van der Waals surface area (Å²) in [6.45, 7) is 7.95. The highest BCUT2D eigenvalue weighted by atomic mass is 14.6. The SMILES string of the molecule is C=Cc1cc(CC)c(C)cc1N. The lowest BCUT2D eigenvalue weighted by Crippen LogP contribution is -1.94. The van der Waals surface area contributed by atoms with Crippen LogP contribution in [-0.2, 0) is 6.42 Å². The lowest BCUT2D eigenvalue weighted by atomic mass is 10.0. The van der Waals surface area contributed by atoms with Crippen LogP contribution in [0, 0.1) is 6.92 Å². The summed E-state index contributed by atoms with van der Waals surface area (Å²) in [6.07, 6.45) is 2.85. The lowest BCUT2D eigenvalue weighted by Gasteiger charge is -2.07. The molecule has 64 valence electrons. The smallest absolute Gasteiger partial charge is 0.0390 e. The second-order valence-corrected chi connectivity index (χ2v) is 2.97. The van der Waals surface area contributed by atoms with Crippen LogP contribution >= 0.6 is 0 Å². The number of rotatable bonds is 2. The maximum Gasteiger partial charge on any atom is 0.0390 e. The normalized spacial score (nSPS) is 9.83. The number of benzene rings is 1. The summed E-state index contributed by atoms with van der Waals surface area (Å²) in [5, 5.41) is 0. The molecule has 0 saturated carbocycles. The highest BCUT2D eigenvalue weighted by molar-refractivity contribution is 5.65. The van der Waals surface area contributed by atoms with Crippen LogP contribution < -0.4 is 5.73 Å². The van der Waals surface area contributed by atoms with Crippen LogP contribution in [0.25, 0.3) is 6.08 Å². The maximum absolute atomic E-state index is 5.78. The molecule has 1 rings (SSSR count). The molecule has 12 heavy (non-hydrogen) atoms. The second kappa shape index (κ2) is 3.44. The van der Waals surface area contributed by atoms with Gasteiger partial charge < -0.3 is 5.73 Å². The van der Waals surface area contributed by atoms with Gasteiger partial charge >= 0.3 is 0 Å². The molecule has 2 N–H and O–H groups in total. The van der Waals surface area contributed by atoms with E-state index in [2.05, 4.69) is 26.5 Å². The molecule has 0 spiro atoms. The van der Waals surface area contributed by atoms with Gasteiger partial charge in [0.1, 0.15) is 0 Å². The van der Waals surface area contributed by atoms with Crippen molar-refractivity contribution in [3.8, 4) is 0 Å². The first-order valence-corrected chi connectivity index (χ1v) is 4.20. The van der Waals surface area contributed by atoms with Crippen molar-refractivity contribution in [2.75, 3.05) is 5.73 Å². The minimum Gasteiger partial charge on any atom is -0.398 e. The first-order valence-electron chi connectivity index (χ1n) is 4.20. The molecule has 0 radical (unpaired) electrons. The van der Waals surface area contributed by atoms with Gasteiger partial charge in [0.2, 0.25) is 0 Å². The van der Waals surface area contributed by atoms with E-state index in [-0.39, 0.29) is 0 Å². The Hall–Kier alpha value is -1.24. The number of aryl methyl sites for hydroxylation is 2. The maximum atomic E-state index is 5.78. The van der Waals surface area contributed by atoms with Crippen molar-refractivity contribution in [2.45, 2.75) is 20.3 Å². The van der Waals surface area contributed by atoms with Gasteiger partial charge in [-0.3, -0.25) is 0 Å². The van der Waals surface area contributed by atoms with Crippen LogP contribution in [0.5, 0.6) is 0 Å². The molecule has 1 heteroatoms. The predicted molar refractivity (Wildman–Crippen MR) is 55.1 cm³/mol. The Labute approximate surface area is 73.9 Å². The van der Waals surface area contributed by atoms with Gasteiger partial charge in [-0.1, -0.05) is 19.6 Å². The zero-order valence-electron chi connectivity index (χ0n) is 7.72. The van der Waals surface area contributed by atoms with E-state index >= 15 is 0 Å². The van der Waals surface area contributed by atoms with Gasteiger partial charge in [-0.15, -0.1) is 0 Å². The summed E-state index contributed by atoms with van der Waals surface area (Å²) in [5.74, 6) is 0. The van der Waals surface area contributed by atoms with Crippen molar-refractivity contribution in [3.63, 3.8) is 0 Å². The van der Waals surface area contributed by atoms with E-state index < -0.39 is 0 Å². The summed E-state index contributed by atoms with van der Waals surface area (Å²) in [7, 11) is 0. The van der Waals surface area contributed by atoms with Crippen LogP contribution in [0.15, 0.2) is 18.7 Å². The van der Waals surface area contributed by atoms with E-state index in [4.69, 9.17) is 5.73 Å². The Bertz CT molecular complexity index is 300. The van der Waals surface area contributed by atoms with E-state index in [0.717, 1.165) is 17.7 Å². The van der Waals surface area contributed by atoms with Gasteiger partial charge in [-0.05, 0) is 42.2 Å². The average Bonchev–Trinajstić information content (AvgIpc) is 2.05. The number of nitrogens with two attached hydrogens (primary N) is 1. The summed E-state index contributed by atoms with van der Waals surface area (Å²) in [5.41, 5.74) is 10.3. The molecule has 0 aliphatic heterocycles. The Morgan fingerprint density at radius 3 is 2.67 bits per heavy atom. The molecule has 0 fully saturated rings. The fourth-order valence-electron chi connectivity index (χ4n) is 1.35. The molecule has 0 unspecified atom stereocenters. The Balaban J connectivity index is 3.26. The third-order valence-electron chi connectivity index (χ3n) is 2.14. The first-order chi connectivity index (χ1) is 5.69. The predicted octanol–water partition coefficient (Wildman–Crippen LogP) is 2.78. The number of hydrogen-bond acceptors (Lipinski definition) is 1. The van der Waals surface area contributed by atoms with Gasteiger partial charge in [0.25, 0.3) is 0 Å². The van der Waals surface area contributed by atoms with E-state index in [1.165, 1.54) is 11.1 Å². The minimum absolute atomic E-state index is 0.819. The summed E-state index contributed by atoms with van der Waals surface area (Å²) in [6, 6.07) is 4.12. The highest BCUT2D eigenvalue weighted by Crippen LogP contribution is 2.19. The minimum atomic E-state index is 0.819. The average molecular weight is 161 g/mol.